The first kappa shape index (κ1) is 11.3. The first-order chi connectivity index (χ1) is 6.60. The van der Waals surface area contributed by atoms with Crippen LogP contribution in [0.4, 0.5) is 0 Å². The molecule has 1 aliphatic carbocycles. The molecule has 0 amide bonds. The number of nitrogens with zero attached hydrogens (tertiary/aromatic N) is 1. The number of oxime groups is 1. The second-order valence-electron chi connectivity index (χ2n) is 4.54. The number of nitrogens with two attached hydrogens (primary N) is 1. The van der Waals surface area contributed by atoms with E-state index in [-0.39, 0.29) is 0 Å². The molecular formula is C10H21N3O. The summed E-state index contributed by atoms with van der Waals surface area (Å²) >= 11 is 0. The molecule has 0 aromatic heterocycles. The molecule has 14 heavy (non-hydrogen) atoms. The highest BCUT2D eigenvalue weighted by molar-refractivity contribution is 5.79. The molecule has 0 aromatic carbocycles. The summed E-state index contributed by atoms with van der Waals surface area (Å²) in [6, 6.07) is 0. The first-order valence-electron chi connectivity index (χ1n) is 5.28. The number of amidine groups is 1. The van der Waals surface area contributed by atoms with E-state index in [9.17, 15) is 0 Å². The summed E-state index contributed by atoms with van der Waals surface area (Å²) in [4.78, 5) is 0. The highest BCUT2D eigenvalue weighted by atomic mass is 16.4. The lowest BCUT2D eigenvalue weighted by Crippen LogP contribution is -2.30. The number of nitrogens with one attached hydrogen (secondary N) is 1. The van der Waals surface area contributed by atoms with Crippen molar-refractivity contribution in [1.29, 1.82) is 0 Å². The van der Waals surface area contributed by atoms with Crippen LogP contribution in [-0.2, 0) is 0 Å². The van der Waals surface area contributed by atoms with Gasteiger partial charge in [0.05, 0.1) is 0 Å². The van der Waals surface area contributed by atoms with E-state index in [1.165, 1.54) is 12.8 Å². The molecule has 1 fully saturated rings. The van der Waals surface area contributed by atoms with Gasteiger partial charge >= 0.3 is 0 Å². The van der Waals surface area contributed by atoms with Gasteiger partial charge in [-0.3, -0.25) is 0 Å². The van der Waals surface area contributed by atoms with E-state index in [4.69, 9.17) is 10.9 Å². The Bertz CT molecular complexity index is 209. The lowest BCUT2D eigenvalue weighted by Gasteiger charge is -2.19. The topological polar surface area (TPSA) is 70.6 Å². The summed E-state index contributed by atoms with van der Waals surface area (Å²) in [6.45, 7) is 6.41. The highest BCUT2D eigenvalue weighted by Gasteiger charge is 2.44. The van der Waals surface area contributed by atoms with Crippen molar-refractivity contribution < 1.29 is 5.21 Å². The second-order valence-corrected chi connectivity index (χ2v) is 4.54. The third kappa shape index (κ3) is 2.87. The Kier molecular flexibility index (Phi) is 3.75. The summed E-state index contributed by atoms with van der Waals surface area (Å²) in [5.74, 6) is 1.05. The fourth-order valence-electron chi connectivity index (χ4n) is 1.72. The van der Waals surface area contributed by atoms with Crippen LogP contribution >= 0.6 is 0 Å². The van der Waals surface area contributed by atoms with Crippen molar-refractivity contribution in [1.82, 2.24) is 5.32 Å². The third-order valence-electron chi connectivity index (χ3n) is 3.28. The van der Waals surface area contributed by atoms with Crippen LogP contribution in [0.2, 0.25) is 0 Å². The van der Waals surface area contributed by atoms with Gasteiger partial charge in [-0.25, -0.2) is 0 Å². The van der Waals surface area contributed by atoms with Crippen LogP contribution in [-0.4, -0.2) is 24.1 Å². The maximum atomic E-state index is 8.33. The van der Waals surface area contributed by atoms with E-state index in [1.807, 2.05) is 0 Å². The molecule has 0 spiro atoms. The molecule has 1 saturated carbocycles. The average molecular weight is 199 g/mol. The highest BCUT2D eigenvalue weighted by Crippen LogP contribution is 2.51. The van der Waals surface area contributed by atoms with E-state index in [0.29, 0.717) is 17.7 Å². The molecular weight excluding hydrogens is 178 g/mol. The van der Waals surface area contributed by atoms with Crippen LogP contribution in [0.3, 0.4) is 0 Å². The minimum Gasteiger partial charge on any atom is -0.409 e. The van der Waals surface area contributed by atoms with E-state index >= 15 is 0 Å². The molecule has 0 radical (unpaired) electrons. The molecule has 4 N–H and O–H groups in total. The van der Waals surface area contributed by atoms with Crippen LogP contribution in [0.15, 0.2) is 5.16 Å². The van der Waals surface area contributed by atoms with Gasteiger partial charge in [-0.1, -0.05) is 19.0 Å². The largest absolute Gasteiger partial charge is 0.409 e. The predicted octanol–water partition coefficient (Wildman–Crippen LogP) is 1.15. The minimum atomic E-state index is 0.298. The SMILES string of the molecule is CC(C)C1(CNCCC(N)=NO)CC1. The van der Waals surface area contributed by atoms with Crippen molar-refractivity contribution in [3.05, 3.63) is 0 Å². The summed E-state index contributed by atoms with van der Waals surface area (Å²) in [6.07, 6.45) is 3.28. The van der Waals surface area contributed by atoms with Crippen LogP contribution in [0.1, 0.15) is 33.1 Å². The Morgan fingerprint density at radius 3 is 2.64 bits per heavy atom. The Labute approximate surface area is 85.6 Å². The Morgan fingerprint density at radius 1 is 1.57 bits per heavy atom. The zero-order valence-electron chi connectivity index (χ0n) is 9.08. The molecule has 0 heterocycles. The normalized spacial score (nSPS) is 20.1. The second kappa shape index (κ2) is 4.64. The van der Waals surface area contributed by atoms with E-state index in [0.717, 1.165) is 19.0 Å². The van der Waals surface area contributed by atoms with E-state index < -0.39 is 0 Å². The van der Waals surface area contributed by atoms with Gasteiger partial charge in [0.15, 0.2) is 0 Å². The Balaban J connectivity index is 2.10. The molecule has 82 valence electrons. The first-order valence-corrected chi connectivity index (χ1v) is 5.28. The number of hydrogen-bond donors (Lipinski definition) is 3. The lowest BCUT2D eigenvalue weighted by molar-refractivity contribution is 0.315. The molecule has 0 saturated heterocycles. The molecule has 0 bridgehead atoms. The monoisotopic (exact) mass is 199 g/mol. The molecule has 1 rings (SSSR count). The fraction of sp³-hybridized carbons (Fsp3) is 0.900. The van der Waals surface area contributed by atoms with Crippen LogP contribution in [0.25, 0.3) is 0 Å². The molecule has 4 nitrogen and oxygen atoms in total. The molecule has 0 aromatic rings. The van der Waals surface area contributed by atoms with Crippen LogP contribution in [0.5, 0.6) is 0 Å². The molecule has 0 atom stereocenters. The van der Waals surface area contributed by atoms with Gasteiger partial charge in [-0.15, -0.1) is 0 Å². The standard InChI is InChI=1S/C10H21N3O/c1-8(2)10(4-5-10)7-12-6-3-9(11)13-14/h8,12,14H,3-7H2,1-2H3,(H2,11,13). The minimum absolute atomic E-state index is 0.298. The van der Waals surface area contributed by atoms with Crippen molar-refractivity contribution in [2.45, 2.75) is 33.1 Å². The third-order valence-corrected chi connectivity index (χ3v) is 3.28. The molecule has 0 aliphatic heterocycles. The average Bonchev–Trinajstić information content (AvgIpc) is 2.93. The van der Waals surface area contributed by atoms with Gasteiger partial charge in [0.25, 0.3) is 0 Å². The van der Waals surface area contributed by atoms with Crippen molar-refractivity contribution in [3.8, 4) is 0 Å². The molecule has 4 heteroatoms. The van der Waals surface area contributed by atoms with Crippen LogP contribution < -0.4 is 11.1 Å². The van der Waals surface area contributed by atoms with Crippen molar-refractivity contribution >= 4 is 5.84 Å². The lowest BCUT2D eigenvalue weighted by atomic mass is 9.92. The number of rotatable bonds is 6. The summed E-state index contributed by atoms with van der Waals surface area (Å²) in [5, 5.41) is 14.6. The summed E-state index contributed by atoms with van der Waals surface area (Å²) in [5.41, 5.74) is 5.89. The van der Waals surface area contributed by atoms with Crippen molar-refractivity contribution in [3.63, 3.8) is 0 Å². The molecule has 1 aliphatic rings. The maximum Gasteiger partial charge on any atom is 0.140 e. The predicted molar refractivity (Wildman–Crippen MR) is 57.4 cm³/mol. The smallest absolute Gasteiger partial charge is 0.140 e. The summed E-state index contributed by atoms with van der Waals surface area (Å²) in [7, 11) is 0. The summed E-state index contributed by atoms with van der Waals surface area (Å²) < 4.78 is 0. The quantitative estimate of drug-likeness (QED) is 0.197. The van der Waals surface area contributed by atoms with Gasteiger partial charge in [0.1, 0.15) is 5.84 Å². The number of hydrogen-bond acceptors (Lipinski definition) is 3. The fourth-order valence-corrected chi connectivity index (χ4v) is 1.72. The van der Waals surface area contributed by atoms with E-state index in [2.05, 4.69) is 24.3 Å². The Morgan fingerprint density at radius 2 is 2.21 bits per heavy atom. The molecule has 0 unspecified atom stereocenters. The maximum absolute atomic E-state index is 8.33. The van der Waals surface area contributed by atoms with Gasteiger partial charge < -0.3 is 16.3 Å². The zero-order chi connectivity index (χ0) is 10.6. The van der Waals surface area contributed by atoms with Gasteiger partial charge in [0, 0.05) is 19.5 Å². The van der Waals surface area contributed by atoms with Gasteiger partial charge in [-0.05, 0) is 24.2 Å². The van der Waals surface area contributed by atoms with Crippen molar-refractivity contribution in [2.75, 3.05) is 13.1 Å². The van der Waals surface area contributed by atoms with Gasteiger partial charge in [0.2, 0.25) is 0 Å². The van der Waals surface area contributed by atoms with Crippen LogP contribution in [0, 0.1) is 11.3 Å². The Hall–Kier alpha value is -0.770. The zero-order valence-corrected chi connectivity index (χ0v) is 9.08. The van der Waals surface area contributed by atoms with Crippen molar-refractivity contribution in [2.24, 2.45) is 22.2 Å². The van der Waals surface area contributed by atoms with Gasteiger partial charge in [-0.2, -0.15) is 0 Å². The van der Waals surface area contributed by atoms with E-state index in [1.54, 1.807) is 0 Å².